The van der Waals surface area contributed by atoms with Crippen LogP contribution >= 0.6 is 11.6 Å². The van der Waals surface area contributed by atoms with Gasteiger partial charge in [0.25, 0.3) is 0 Å². The lowest BCUT2D eigenvalue weighted by atomic mass is 10.1. The normalized spacial score (nSPS) is 12.9. The third kappa shape index (κ3) is 5.40. The van der Waals surface area contributed by atoms with Gasteiger partial charge in [0.05, 0.1) is 0 Å². The van der Waals surface area contributed by atoms with Gasteiger partial charge in [-0.25, -0.2) is 4.79 Å². The lowest BCUT2D eigenvalue weighted by molar-refractivity contribution is -0.131. The number of rotatable bonds is 7. The van der Waals surface area contributed by atoms with E-state index in [4.69, 9.17) is 16.7 Å². The Hall–Kier alpha value is -1.52. The van der Waals surface area contributed by atoms with Gasteiger partial charge < -0.3 is 14.9 Å². The predicted molar refractivity (Wildman–Crippen MR) is 89.2 cm³/mol. The van der Waals surface area contributed by atoms with Crippen LogP contribution in [0.1, 0.15) is 19.4 Å². The highest BCUT2D eigenvalue weighted by molar-refractivity contribution is 6.30. The maximum Gasteiger partial charge on any atom is 0.328 e. The largest absolute Gasteiger partial charge is 0.478 e. The lowest BCUT2D eigenvalue weighted by Gasteiger charge is -2.33. The summed E-state index contributed by atoms with van der Waals surface area (Å²) in [5.74, 6) is -0.967. The monoisotopic (exact) mass is 310 g/mol. The maximum absolute atomic E-state index is 10.7. The first kappa shape index (κ1) is 17.5. The van der Waals surface area contributed by atoms with Gasteiger partial charge in [-0.3, -0.25) is 0 Å². The summed E-state index contributed by atoms with van der Waals surface area (Å²) in [7, 11) is 4.08. The molecule has 4 nitrogen and oxygen atoms in total. The summed E-state index contributed by atoms with van der Waals surface area (Å²) in [5.41, 5.74) is 1.81. The molecule has 0 saturated heterocycles. The number of aliphatic carboxylic acids is 1. The van der Waals surface area contributed by atoms with Gasteiger partial charge in [0, 0.05) is 35.9 Å². The van der Waals surface area contributed by atoms with Gasteiger partial charge in [0.2, 0.25) is 0 Å². The van der Waals surface area contributed by atoms with Gasteiger partial charge in [0.1, 0.15) is 0 Å². The second-order valence-corrected chi connectivity index (χ2v) is 5.71. The van der Waals surface area contributed by atoms with E-state index in [-0.39, 0.29) is 0 Å². The summed E-state index contributed by atoms with van der Waals surface area (Å²) < 4.78 is 0. The predicted octanol–water partition coefficient (Wildman–Crippen LogP) is 3.21. The zero-order chi connectivity index (χ0) is 16.0. The van der Waals surface area contributed by atoms with Crippen molar-refractivity contribution in [2.45, 2.75) is 19.9 Å². The molecule has 1 aromatic carbocycles. The first-order valence-corrected chi connectivity index (χ1v) is 7.34. The van der Waals surface area contributed by atoms with E-state index in [1.54, 1.807) is 12.1 Å². The van der Waals surface area contributed by atoms with Crippen LogP contribution in [0, 0.1) is 0 Å². The molecule has 1 atom stereocenters. The number of halogens is 1. The number of likely N-dealkylation sites (N-methyl/N-ethyl adjacent to an activating group) is 2. The van der Waals surface area contributed by atoms with E-state index in [9.17, 15) is 4.79 Å². The molecule has 116 valence electrons. The van der Waals surface area contributed by atoms with Crippen molar-refractivity contribution < 1.29 is 9.90 Å². The summed E-state index contributed by atoms with van der Waals surface area (Å²) in [6.07, 6.45) is 2.73. The molecule has 21 heavy (non-hydrogen) atoms. The van der Waals surface area contributed by atoms with Crippen LogP contribution in [-0.2, 0) is 4.79 Å². The first-order chi connectivity index (χ1) is 9.85. The smallest absolute Gasteiger partial charge is 0.328 e. The fourth-order valence-electron chi connectivity index (χ4n) is 2.43. The zero-order valence-corrected chi connectivity index (χ0v) is 13.8. The molecule has 0 heterocycles. The Bertz CT molecular complexity index is 515. The lowest BCUT2D eigenvalue weighted by Crippen LogP contribution is -2.40. The number of carboxylic acids is 1. The molecular weight excluding hydrogens is 288 g/mol. The molecule has 0 aliphatic carbocycles. The average molecular weight is 311 g/mol. The molecule has 5 heteroatoms. The van der Waals surface area contributed by atoms with Crippen molar-refractivity contribution in [1.82, 2.24) is 4.90 Å². The SMILES string of the molecule is CCN(c1ccc(Cl)cc1/C=C/C(=O)O)C(C)CN(C)C. The molecule has 1 rings (SSSR count). The minimum atomic E-state index is -0.967. The van der Waals surface area contributed by atoms with E-state index in [1.807, 2.05) is 26.2 Å². The summed E-state index contributed by atoms with van der Waals surface area (Å²) >= 11 is 6.04. The van der Waals surface area contributed by atoms with Crippen LogP contribution in [-0.4, -0.2) is 49.2 Å². The third-order valence-corrected chi connectivity index (χ3v) is 3.44. The van der Waals surface area contributed by atoms with E-state index in [1.165, 1.54) is 0 Å². The minimum absolute atomic E-state index is 0.308. The molecule has 0 aromatic heterocycles. The van der Waals surface area contributed by atoms with Crippen molar-refractivity contribution in [2.75, 3.05) is 32.1 Å². The second-order valence-electron chi connectivity index (χ2n) is 5.27. The molecule has 0 radical (unpaired) electrons. The van der Waals surface area contributed by atoms with Crippen molar-refractivity contribution >= 4 is 29.3 Å². The number of benzene rings is 1. The highest BCUT2D eigenvalue weighted by Crippen LogP contribution is 2.27. The highest BCUT2D eigenvalue weighted by atomic mass is 35.5. The van der Waals surface area contributed by atoms with Gasteiger partial charge in [-0.1, -0.05) is 11.6 Å². The van der Waals surface area contributed by atoms with Crippen LogP contribution in [0.25, 0.3) is 6.08 Å². The van der Waals surface area contributed by atoms with E-state index in [2.05, 4.69) is 23.6 Å². The molecule has 1 N–H and O–H groups in total. The number of hydrogen-bond donors (Lipinski definition) is 1. The Morgan fingerprint density at radius 2 is 2.10 bits per heavy atom. The van der Waals surface area contributed by atoms with Crippen LogP contribution in [0.5, 0.6) is 0 Å². The Balaban J connectivity index is 3.16. The van der Waals surface area contributed by atoms with Crippen molar-refractivity contribution in [3.63, 3.8) is 0 Å². The van der Waals surface area contributed by atoms with E-state index in [0.29, 0.717) is 11.1 Å². The second kappa shape index (κ2) is 8.05. The maximum atomic E-state index is 10.7. The number of anilines is 1. The minimum Gasteiger partial charge on any atom is -0.478 e. The average Bonchev–Trinajstić information content (AvgIpc) is 2.38. The topological polar surface area (TPSA) is 43.8 Å². The van der Waals surface area contributed by atoms with Crippen LogP contribution < -0.4 is 4.90 Å². The Morgan fingerprint density at radius 1 is 1.43 bits per heavy atom. The summed E-state index contributed by atoms with van der Waals surface area (Å²) in [6, 6.07) is 5.88. The number of hydrogen-bond acceptors (Lipinski definition) is 3. The fraction of sp³-hybridized carbons (Fsp3) is 0.438. The number of carboxylic acid groups (broad SMARTS) is 1. The van der Waals surface area contributed by atoms with Gasteiger partial charge >= 0.3 is 5.97 Å². The van der Waals surface area contributed by atoms with Crippen molar-refractivity contribution in [3.8, 4) is 0 Å². The Kier molecular flexibility index (Phi) is 6.72. The summed E-state index contributed by atoms with van der Waals surface area (Å²) in [4.78, 5) is 15.1. The molecule has 1 unspecified atom stereocenters. The number of carbonyl (C=O) groups is 1. The molecule has 1 aromatic rings. The molecule has 0 bridgehead atoms. The number of nitrogens with zero attached hydrogens (tertiary/aromatic N) is 2. The van der Waals surface area contributed by atoms with E-state index < -0.39 is 5.97 Å². The van der Waals surface area contributed by atoms with Crippen LogP contribution in [0.15, 0.2) is 24.3 Å². The van der Waals surface area contributed by atoms with E-state index in [0.717, 1.165) is 30.4 Å². The van der Waals surface area contributed by atoms with Crippen LogP contribution in [0.4, 0.5) is 5.69 Å². The summed E-state index contributed by atoms with van der Waals surface area (Å²) in [6.45, 7) is 6.00. The van der Waals surface area contributed by atoms with Crippen molar-refractivity contribution in [2.24, 2.45) is 0 Å². The standard InChI is InChI=1S/C16H23ClN2O2/c1-5-19(12(2)11-18(3)4)15-8-7-14(17)10-13(15)6-9-16(20)21/h6-10,12H,5,11H2,1-4H3,(H,20,21)/b9-6+. The van der Waals surface area contributed by atoms with Crippen molar-refractivity contribution in [1.29, 1.82) is 0 Å². The molecule has 0 aliphatic heterocycles. The fourth-order valence-corrected chi connectivity index (χ4v) is 2.61. The van der Waals surface area contributed by atoms with Gasteiger partial charge in [-0.2, -0.15) is 0 Å². The Labute approximate surface area is 131 Å². The van der Waals surface area contributed by atoms with Crippen molar-refractivity contribution in [3.05, 3.63) is 34.9 Å². The zero-order valence-electron chi connectivity index (χ0n) is 13.0. The molecular formula is C16H23ClN2O2. The molecule has 0 saturated carbocycles. The Morgan fingerprint density at radius 3 is 2.62 bits per heavy atom. The highest BCUT2D eigenvalue weighted by Gasteiger charge is 2.16. The van der Waals surface area contributed by atoms with Gasteiger partial charge in [0.15, 0.2) is 0 Å². The van der Waals surface area contributed by atoms with Crippen LogP contribution in [0.3, 0.4) is 0 Å². The third-order valence-electron chi connectivity index (χ3n) is 3.21. The first-order valence-electron chi connectivity index (χ1n) is 6.97. The summed E-state index contributed by atoms with van der Waals surface area (Å²) in [5, 5.41) is 9.42. The molecule has 0 aliphatic rings. The molecule has 0 spiro atoms. The van der Waals surface area contributed by atoms with E-state index >= 15 is 0 Å². The van der Waals surface area contributed by atoms with Gasteiger partial charge in [-0.05, 0) is 57.8 Å². The molecule has 0 amide bonds. The van der Waals surface area contributed by atoms with Crippen LogP contribution in [0.2, 0.25) is 5.02 Å². The van der Waals surface area contributed by atoms with Gasteiger partial charge in [-0.15, -0.1) is 0 Å². The molecule has 0 fully saturated rings. The quantitative estimate of drug-likeness (QED) is 0.785.